The number of rotatable bonds is 6. The van der Waals surface area contributed by atoms with Crippen molar-refractivity contribution in [2.45, 2.75) is 30.4 Å². The molecule has 12 heteroatoms. The number of pyridine rings is 1. The lowest BCUT2D eigenvalue weighted by molar-refractivity contribution is 0.0690. The van der Waals surface area contributed by atoms with Crippen molar-refractivity contribution in [3.63, 3.8) is 0 Å². The van der Waals surface area contributed by atoms with E-state index >= 15 is 0 Å². The fourth-order valence-corrected chi connectivity index (χ4v) is 6.33. The Morgan fingerprint density at radius 2 is 1.83 bits per heavy atom. The number of ether oxygens (including phenoxy) is 1. The van der Waals surface area contributed by atoms with E-state index < -0.39 is 26.2 Å². The number of fused-ring (bicyclic) bond motifs is 1. The molecule has 0 unspecified atom stereocenters. The Balaban J connectivity index is 1.97. The highest BCUT2D eigenvalue weighted by Gasteiger charge is 2.41. The number of aromatic nitrogens is 3. The standard InChI is InChI=1S/C24H21Cl2N3O6S/c1-12-10-16(22(30)31)27-21-20(12)28-23(32)29(21)17-11-13(8-9-14(17)25)36(33,34)24(2,3)19-15(26)6-5-7-18(19)35-4/h5-11H,1-4H3,(H,28,32)(H,30,31). The van der Waals surface area contributed by atoms with Gasteiger partial charge < -0.3 is 14.8 Å². The van der Waals surface area contributed by atoms with Crippen molar-refractivity contribution in [1.29, 1.82) is 0 Å². The number of aromatic carboxylic acids is 1. The van der Waals surface area contributed by atoms with Gasteiger partial charge in [0, 0.05) is 10.6 Å². The molecule has 0 saturated carbocycles. The normalized spacial score (nSPS) is 12.2. The van der Waals surface area contributed by atoms with E-state index in [1.54, 1.807) is 25.1 Å². The number of aromatic amines is 1. The molecule has 2 aromatic heterocycles. The Labute approximate surface area is 216 Å². The van der Waals surface area contributed by atoms with E-state index in [9.17, 15) is 23.1 Å². The lowest BCUT2D eigenvalue weighted by Gasteiger charge is -2.28. The third kappa shape index (κ3) is 3.95. The predicted octanol–water partition coefficient (Wildman–Crippen LogP) is 4.74. The van der Waals surface area contributed by atoms with Crippen LogP contribution in [-0.2, 0) is 14.6 Å². The minimum absolute atomic E-state index is 0.000816. The number of methoxy groups -OCH3 is 1. The number of aryl methyl sites for hydroxylation is 1. The molecular weight excluding hydrogens is 529 g/mol. The van der Waals surface area contributed by atoms with Crippen LogP contribution in [0.15, 0.2) is 52.2 Å². The first-order valence-electron chi connectivity index (χ1n) is 10.5. The van der Waals surface area contributed by atoms with E-state index in [2.05, 4.69) is 9.97 Å². The number of hydrogen-bond donors (Lipinski definition) is 2. The molecule has 188 valence electrons. The summed E-state index contributed by atoms with van der Waals surface area (Å²) in [5, 5.41) is 9.69. The largest absolute Gasteiger partial charge is 0.496 e. The van der Waals surface area contributed by atoms with Crippen molar-refractivity contribution in [3.8, 4) is 11.4 Å². The van der Waals surface area contributed by atoms with Crippen LogP contribution in [0.4, 0.5) is 0 Å². The maximum absolute atomic E-state index is 13.9. The lowest BCUT2D eigenvalue weighted by Crippen LogP contribution is -2.30. The van der Waals surface area contributed by atoms with Crippen molar-refractivity contribution in [1.82, 2.24) is 14.5 Å². The van der Waals surface area contributed by atoms with Crippen LogP contribution in [0.2, 0.25) is 10.0 Å². The Morgan fingerprint density at radius 1 is 1.14 bits per heavy atom. The first kappa shape index (κ1) is 25.7. The van der Waals surface area contributed by atoms with E-state index in [-0.39, 0.29) is 37.5 Å². The SMILES string of the molecule is COc1cccc(Cl)c1C(C)(C)S(=O)(=O)c1ccc(Cl)c(-n2c(=O)[nH]c3c(C)cc(C(=O)O)nc32)c1. The van der Waals surface area contributed by atoms with Gasteiger partial charge in [0.2, 0.25) is 0 Å². The predicted molar refractivity (Wildman–Crippen MR) is 137 cm³/mol. The maximum Gasteiger partial charge on any atom is 0.354 e. The number of nitrogens with one attached hydrogen (secondary N) is 1. The number of H-pyrrole nitrogens is 1. The molecule has 0 fully saturated rings. The molecule has 2 aromatic carbocycles. The van der Waals surface area contributed by atoms with Crippen molar-refractivity contribution >= 4 is 50.2 Å². The molecule has 2 heterocycles. The summed E-state index contributed by atoms with van der Waals surface area (Å²) in [6.45, 7) is 4.63. The van der Waals surface area contributed by atoms with Crippen molar-refractivity contribution in [2.75, 3.05) is 7.11 Å². The summed E-state index contributed by atoms with van der Waals surface area (Å²) < 4.78 is 32.7. The molecule has 4 aromatic rings. The fraction of sp³-hybridized carbons (Fsp3) is 0.208. The Hall–Kier alpha value is -3.34. The smallest absolute Gasteiger partial charge is 0.354 e. The minimum Gasteiger partial charge on any atom is -0.496 e. The quantitative estimate of drug-likeness (QED) is 0.354. The van der Waals surface area contributed by atoms with Crippen LogP contribution >= 0.6 is 23.2 Å². The van der Waals surface area contributed by atoms with Gasteiger partial charge in [-0.15, -0.1) is 0 Å². The van der Waals surface area contributed by atoms with Gasteiger partial charge in [-0.2, -0.15) is 0 Å². The van der Waals surface area contributed by atoms with Crippen LogP contribution in [0.25, 0.3) is 16.9 Å². The molecule has 2 N–H and O–H groups in total. The Kier molecular flexibility index (Phi) is 6.40. The number of halogens is 2. The molecule has 0 atom stereocenters. The summed E-state index contributed by atoms with van der Waals surface area (Å²) in [6, 6.07) is 10.1. The second-order valence-corrected chi connectivity index (χ2v) is 11.9. The van der Waals surface area contributed by atoms with Crippen molar-refractivity contribution in [3.05, 3.63) is 79.8 Å². The van der Waals surface area contributed by atoms with Crippen LogP contribution in [0.5, 0.6) is 5.75 Å². The van der Waals surface area contributed by atoms with Gasteiger partial charge in [-0.25, -0.2) is 27.6 Å². The van der Waals surface area contributed by atoms with Crippen LogP contribution in [-0.4, -0.2) is 41.1 Å². The average Bonchev–Trinajstić information content (AvgIpc) is 3.15. The summed E-state index contributed by atoms with van der Waals surface area (Å²) >= 11 is 12.8. The van der Waals surface area contributed by atoms with Gasteiger partial charge in [0.15, 0.2) is 21.2 Å². The molecule has 0 aliphatic rings. The van der Waals surface area contributed by atoms with Gasteiger partial charge in [-0.05, 0) is 62.7 Å². The Bertz CT molecular complexity index is 1710. The number of hydrogen-bond acceptors (Lipinski definition) is 6. The zero-order valence-electron chi connectivity index (χ0n) is 19.6. The molecule has 0 bridgehead atoms. The monoisotopic (exact) mass is 549 g/mol. The van der Waals surface area contributed by atoms with Crippen LogP contribution in [0.3, 0.4) is 0 Å². The first-order valence-corrected chi connectivity index (χ1v) is 12.8. The van der Waals surface area contributed by atoms with E-state index in [0.29, 0.717) is 16.8 Å². The molecule has 0 aliphatic heterocycles. The van der Waals surface area contributed by atoms with Crippen molar-refractivity contribution in [2.24, 2.45) is 0 Å². The van der Waals surface area contributed by atoms with Gasteiger partial charge >= 0.3 is 11.7 Å². The van der Waals surface area contributed by atoms with E-state index in [4.69, 9.17) is 27.9 Å². The molecule has 9 nitrogen and oxygen atoms in total. The topological polar surface area (TPSA) is 131 Å². The maximum atomic E-state index is 13.9. The highest BCUT2D eigenvalue weighted by atomic mass is 35.5. The number of carboxylic acids is 1. The zero-order chi connectivity index (χ0) is 26.6. The summed E-state index contributed by atoms with van der Waals surface area (Å²) in [4.78, 5) is 31.0. The molecule has 0 radical (unpaired) electrons. The van der Waals surface area contributed by atoms with Gasteiger partial charge in [-0.3, -0.25) is 0 Å². The average molecular weight is 550 g/mol. The van der Waals surface area contributed by atoms with Crippen LogP contribution < -0.4 is 10.4 Å². The van der Waals surface area contributed by atoms with E-state index in [1.807, 2.05) is 0 Å². The number of carbonyl (C=O) groups is 1. The number of nitrogens with zero attached hydrogens (tertiary/aromatic N) is 2. The first-order chi connectivity index (χ1) is 16.8. The van der Waals surface area contributed by atoms with E-state index in [0.717, 1.165) is 4.57 Å². The van der Waals surface area contributed by atoms with Crippen molar-refractivity contribution < 1.29 is 23.1 Å². The molecule has 0 spiro atoms. The number of benzene rings is 2. The summed E-state index contributed by atoms with van der Waals surface area (Å²) in [5.41, 5.74) is 0.131. The van der Waals surface area contributed by atoms with Gasteiger partial charge in [0.1, 0.15) is 10.5 Å². The molecular formula is C24H21Cl2N3O6S. The highest BCUT2D eigenvalue weighted by Crippen LogP contribution is 2.44. The molecule has 0 saturated heterocycles. The van der Waals surface area contributed by atoms with Gasteiger partial charge in [0.25, 0.3) is 0 Å². The number of sulfone groups is 1. The van der Waals surface area contributed by atoms with Gasteiger partial charge in [0.05, 0.1) is 28.2 Å². The summed E-state index contributed by atoms with van der Waals surface area (Å²) in [6.07, 6.45) is 0. The second kappa shape index (κ2) is 8.95. The second-order valence-electron chi connectivity index (χ2n) is 8.54. The number of imidazole rings is 1. The molecule has 0 amide bonds. The zero-order valence-corrected chi connectivity index (χ0v) is 21.9. The molecule has 4 rings (SSSR count). The molecule has 36 heavy (non-hydrogen) atoms. The highest BCUT2D eigenvalue weighted by molar-refractivity contribution is 7.92. The molecule has 0 aliphatic carbocycles. The minimum atomic E-state index is -4.14. The van der Waals surface area contributed by atoms with E-state index in [1.165, 1.54) is 45.2 Å². The third-order valence-electron chi connectivity index (χ3n) is 6.00. The van der Waals surface area contributed by atoms with Gasteiger partial charge in [-0.1, -0.05) is 29.3 Å². The lowest BCUT2D eigenvalue weighted by atomic mass is 10.0. The van der Waals surface area contributed by atoms with Crippen LogP contribution in [0, 0.1) is 6.92 Å². The third-order valence-corrected chi connectivity index (χ3v) is 9.06. The fourth-order valence-electron chi connectivity index (χ4n) is 4.08. The number of carboxylic acid groups (broad SMARTS) is 1. The Morgan fingerprint density at radius 3 is 2.47 bits per heavy atom. The summed E-state index contributed by atoms with van der Waals surface area (Å²) in [5.74, 6) is -0.975. The summed E-state index contributed by atoms with van der Waals surface area (Å²) in [7, 11) is -2.72. The van der Waals surface area contributed by atoms with Crippen LogP contribution in [0.1, 0.15) is 35.5 Å².